The molecular weight excluding hydrogens is 428 g/mol. The highest BCUT2D eigenvalue weighted by atomic mass is 79.9. The second-order valence-corrected chi connectivity index (χ2v) is 8.22. The Labute approximate surface area is 170 Å². The number of amides is 3. The van der Waals surface area contributed by atoms with Gasteiger partial charge >= 0.3 is 0 Å². The maximum atomic E-state index is 12.7. The van der Waals surface area contributed by atoms with Crippen molar-refractivity contribution in [2.24, 2.45) is 0 Å². The first-order valence-corrected chi connectivity index (χ1v) is 10.5. The molecule has 7 heteroatoms. The average Bonchev–Trinajstić information content (AvgIpc) is 2.95. The van der Waals surface area contributed by atoms with Crippen LogP contribution in [0.3, 0.4) is 0 Å². The molecule has 1 saturated heterocycles. The molecule has 0 bridgehead atoms. The highest BCUT2D eigenvalue weighted by molar-refractivity contribution is 9.10. The van der Waals surface area contributed by atoms with Crippen LogP contribution in [0.15, 0.2) is 53.0 Å². The summed E-state index contributed by atoms with van der Waals surface area (Å²) >= 11 is 4.55. The summed E-state index contributed by atoms with van der Waals surface area (Å²) in [6.45, 7) is 1.99. The Kier molecular flexibility index (Phi) is 6.34. The highest BCUT2D eigenvalue weighted by Gasteiger charge is 2.40. The lowest BCUT2D eigenvalue weighted by Crippen LogP contribution is -2.32. The van der Waals surface area contributed by atoms with Crippen LogP contribution in [-0.4, -0.2) is 28.7 Å². The third-order valence-electron chi connectivity index (χ3n) is 4.26. The van der Waals surface area contributed by atoms with Crippen LogP contribution in [0.25, 0.3) is 0 Å². The fourth-order valence-electron chi connectivity index (χ4n) is 2.92. The molecule has 1 aliphatic rings. The monoisotopic (exact) mass is 446 g/mol. The van der Waals surface area contributed by atoms with Gasteiger partial charge in [0.1, 0.15) is 0 Å². The molecule has 0 radical (unpaired) electrons. The molecular formula is C20H19BrN2O3S. The van der Waals surface area contributed by atoms with Crippen molar-refractivity contribution in [2.75, 3.05) is 16.0 Å². The number of halogens is 1. The number of nitrogens with zero attached hydrogens (tertiary/aromatic N) is 1. The van der Waals surface area contributed by atoms with E-state index in [4.69, 9.17) is 0 Å². The van der Waals surface area contributed by atoms with Gasteiger partial charge in [-0.1, -0.05) is 41.1 Å². The van der Waals surface area contributed by atoms with E-state index in [1.807, 2.05) is 37.3 Å². The molecule has 2 aromatic rings. The summed E-state index contributed by atoms with van der Waals surface area (Å²) in [5, 5.41) is 2.26. The van der Waals surface area contributed by atoms with E-state index in [0.29, 0.717) is 11.4 Å². The number of hydrogen-bond donors (Lipinski definition) is 1. The van der Waals surface area contributed by atoms with Gasteiger partial charge in [-0.15, -0.1) is 11.8 Å². The summed E-state index contributed by atoms with van der Waals surface area (Å²) in [5.41, 5.74) is 2.30. The van der Waals surface area contributed by atoms with Crippen molar-refractivity contribution in [3.8, 4) is 0 Å². The normalized spacial score (nSPS) is 16.7. The van der Waals surface area contributed by atoms with E-state index in [1.165, 1.54) is 16.7 Å². The molecule has 0 spiro atoms. The number of benzene rings is 2. The van der Waals surface area contributed by atoms with Crippen LogP contribution in [0.5, 0.6) is 0 Å². The van der Waals surface area contributed by atoms with Gasteiger partial charge in [0.05, 0.1) is 16.7 Å². The predicted octanol–water partition coefficient (Wildman–Crippen LogP) is 4.02. The van der Waals surface area contributed by atoms with Crippen LogP contribution in [0.1, 0.15) is 18.9 Å². The van der Waals surface area contributed by atoms with Crippen LogP contribution in [-0.2, 0) is 20.8 Å². The summed E-state index contributed by atoms with van der Waals surface area (Å²) in [5.74, 6) is -0.549. The summed E-state index contributed by atoms with van der Waals surface area (Å²) in [6.07, 6.45) is 0.855. The van der Waals surface area contributed by atoms with Crippen LogP contribution in [0, 0.1) is 0 Å². The zero-order valence-corrected chi connectivity index (χ0v) is 17.2. The summed E-state index contributed by atoms with van der Waals surface area (Å²) in [6, 6.07) is 14.7. The Morgan fingerprint density at radius 1 is 1.19 bits per heavy atom. The third kappa shape index (κ3) is 4.59. The Morgan fingerprint density at radius 2 is 1.89 bits per heavy atom. The molecule has 1 aliphatic heterocycles. The van der Waals surface area contributed by atoms with Gasteiger partial charge in [0.15, 0.2) is 0 Å². The largest absolute Gasteiger partial charge is 0.325 e. The van der Waals surface area contributed by atoms with Crippen LogP contribution in [0.2, 0.25) is 0 Å². The SMILES string of the molecule is CCc1ccccc1N1C(=O)CC(SCC(=O)Nc2ccc(Br)cc2)C1=O. The molecule has 3 rings (SSSR count). The molecule has 1 N–H and O–H groups in total. The zero-order valence-electron chi connectivity index (χ0n) is 14.8. The first-order chi connectivity index (χ1) is 13.0. The number of carbonyl (C=O) groups is 3. The van der Waals surface area contributed by atoms with E-state index in [2.05, 4.69) is 21.2 Å². The van der Waals surface area contributed by atoms with E-state index in [9.17, 15) is 14.4 Å². The van der Waals surface area contributed by atoms with Crippen molar-refractivity contribution < 1.29 is 14.4 Å². The maximum absolute atomic E-state index is 12.7. The molecule has 0 aliphatic carbocycles. The molecule has 0 aromatic heterocycles. The Hall–Kier alpha value is -2.12. The van der Waals surface area contributed by atoms with Crippen molar-refractivity contribution in [1.82, 2.24) is 0 Å². The lowest BCUT2D eigenvalue weighted by molar-refractivity contribution is -0.121. The lowest BCUT2D eigenvalue weighted by Gasteiger charge is -2.18. The predicted molar refractivity (Wildman–Crippen MR) is 112 cm³/mol. The van der Waals surface area contributed by atoms with Gasteiger partial charge in [0, 0.05) is 16.6 Å². The molecule has 3 amide bonds. The van der Waals surface area contributed by atoms with E-state index in [-0.39, 0.29) is 29.9 Å². The number of thioether (sulfide) groups is 1. The van der Waals surface area contributed by atoms with Gasteiger partial charge in [-0.3, -0.25) is 14.4 Å². The van der Waals surface area contributed by atoms with E-state index in [0.717, 1.165) is 16.5 Å². The van der Waals surface area contributed by atoms with Gasteiger partial charge in [-0.2, -0.15) is 0 Å². The zero-order chi connectivity index (χ0) is 19.4. The number of rotatable bonds is 6. The third-order valence-corrected chi connectivity index (χ3v) is 5.99. The topological polar surface area (TPSA) is 66.5 Å². The smallest absolute Gasteiger partial charge is 0.247 e. The van der Waals surface area contributed by atoms with Crippen molar-refractivity contribution in [2.45, 2.75) is 25.0 Å². The van der Waals surface area contributed by atoms with E-state index in [1.54, 1.807) is 18.2 Å². The van der Waals surface area contributed by atoms with Crippen molar-refractivity contribution in [3.05, 3.63) is 58.6 Å². The molecule has 1 fully saturated rings. The van der Waals surface area contributed by atoms with Crippen LogP contribution in [0.4, 0.5) is 11.4 Å². The number of hydrogen-bond acceptors (Lipinski definition) is 4. The van der Waals surface area contributed by atoms with Gasteiger partial charge in [-0.05, 0) is 42.3 Å². The fraction of sp³-hybridized carbons (Fsp3) is 0.250. The lowest BCUT2D eigenvalue weighted by atomic mass is 10.1. The Balaban J connectivity index is 1.61. The Bertz CT molecular complexity index is 870. The van der Waals surface area contributed by atoms with E-state index < -0.39 is 5.25 Å². The van der Waals surface area contributed by atoms with Crippen molar-refractivity contribution in [3.63, 3.8) is 0 Å². The van der Waals surface area contributed by atoms with Crippen LogP contribution < -0.4 is 10.2 Å². The summed E-state index contributed by atoms with van der Waals surface area (Å²) in [7, 11) is 0. The number of carbonyl (C=O) groups excluding carboxylic acids is 3. The van der Waals surface area contributed by atoms with E-state index >= 15 is 0 Å². The Morgan fingerprint density at radius 3 is 2.59 bits per heavy atom. The number of nitrogens with one attached hydrogen (secondary N) is 1. The number of para-hydroxylation sites is 1. The van der Waals surface area contributed by atoms with Crippen molar-refractivity contribution in [1.29, 1.82) is 0 Å². The molecule has 140 valence electrons. The standard InChI is InChI=1S/C20H19BrN2O3S/c1-2-13-5-3-4-6-16(13)23-19(25)11-17(20(23)26)27-12-18(24)22-15-9-7-14(21)8-10-15/h3-10,17H,2,11-12H2,1H3,(H,22,24). The number of aryl methyl sites for hydroxylation is 1. The number of imide groups is 1. The minimum Gasteiger partial charge on any atom is -0.325 e. The molecule has 1 unspecified atom stereocenters. The first-order valence-electron chi connectivity index (χ1n) is 8.61. The molecule has 5 nitrogen and oxygen atoms in total. The van der Waals surface area contributed by atoms with Crippen molar-refractivity contribution >= 4 is 56.8 Å². The molecule has 0 saturated carbocycles. The highest BCUT2D eigenvalue weighted by Crippen LogP contribution is 2.32. The average molecular weight is 447 g/mol. The maximum Gasteiger partial charge on any atom is 0.247 e. The molecule has 2 aromatic carbocycles. The van der Waals surface area contributed by atoms with Gasteiger partial charge in [-0.25, -0.2) is 4.90 Å². The van der Waals surface area contributed by atoms with Gasteiger partial charge < -0.3 is 5.32 Å². The molecule has 1 atom stereocenters. The van der Waals surface area contributed by atoms with Crippen LogP contribution >= 0.6 is 27.7 Å². The minimum absolute atomic E-state index is 0.114. The minimum atomic E-state index is -0.530. The second-order valence-electron chi connectivity index (χ2n) is 6.11. The molecule has 27 heavy (non-hydrogen) atoms. The fourth-order valence-corrected chi connectivity index (χ4v) is 4.12. The summed E-state index contributed by atoms with van der Waals surface area (Å²) < 4.78 is 0.928. The first kappa shape index (κ1) is 19.6. The summed E-state index contributed by atoms with van der Waals surface area (Å²) in [4.78, 5) is 38.6. The second kappa shape index (κ2) is 8.71. The van der Waals surface area contributed by atoms with Gasteiger partial charge in [0.25, 0.3) is 0 Å². The number of anilines is 2. The van der Waals surface area contributed by atoms with Gasteiger partial charge in [0.2, 0.25) is 17.7 Å². The molecule has 1 heterocycles. The quantitative estimate of drug-likeness (QED) is 0.680.